The topological polar surface area (TPSA) is 60.2 Å². The van der Waals surface area contributed by atoms with Gasteiger partial charge in [0, 0.05) is 36.5 Å². The minimum atomic E-state index is -0.0298. The van der Waals surface area contributed by atoms with Crippen LogP contribution in [0.2, 0.25) is 0 Å². The van der Waals surface area contributed by atoms with Gasteiger partial charge in [-0.05, 0) is 49.1 Å². The zero-order valence-electron chi connectivity index (χ0n) is 15.1. The molecule has 6 nitrogen and oxygen atoms in total. The van der Waals surface area contributed by atoms with Crippen molar-refractivity contribution in [2.24, 2.45) is 5.92 Å². The van der Waals surface area contributed by atoms with Crippen molar-refractivity contribution in [1.29, 1.82) is 0 Å². The van der Waals surface area contributed by atoms with E-state index in [4.69, 9.17) is 4.74 Å². The summed E-state index contributed by atoms with van der Waals surface area (Å²) in [7, 11) is 0. The number of aromatic nitrogens is 3. The Bertz CT molecular complexity index is 979. The monoisotopic (exact) mass is 362 g/mol. The van der Waals surface area contributed by atoms with Crippen LogP contribution in [-0.2, 0) is 17.8 Å². The van der Waals surface area contributed by atoms with Crippen LogP contribution in [0.4, 0.5) is 0 Å². The highest BCUT2D eigenvalue weighted by atomic mass is 16.5. The molecule has 6 heteroatoms. The van der Waals surface area contributed by atoms with Crippen LogP contribution in [0.5, 0.6) is 0 Å². The van der Waals surface area contributed by atoms with Crippen LogP contribution >= 0.6 is 0 Å². The first-order valence-electron chi connectivity index (χ1n) is 9.52. The van der Waals surface area contributed by atoms with Gasteiger partial charge in [-0.2, -0.15) is 5.10 Å². The number of ether oxygens (including phenoxy) is 1. The highest BCUT2D eigenvalue weighted by Crippen LogP contribution is 2.29. The van der Waals surface area contributed by atoms with Gasteiger partial charge in [-0.1, -0.05) is 6.07 Å². The van der Waals surface area contributed by atoms with Gasteiger partial charge in [0.15, 0.2) is 0 Å². The number of hydrogen-bond donors (Lipinski definition) is 0. The molecule has 0 spiro atoms. The van der Waals surface area contributed by atoms with Gasteiger partial charge in [-0.3, -0.25) is 14.5 Å². The van der Waals surface area contributed by atoms with E-state index in [1.165, 1.54) is 12.8 Å². The second-order valence-electron chi connectivity index (χ2n) is 7.50. The predicted octanol–water partition coefficient (Wildman–Crippen LogP) is 2.88. The van der Waals surface area contributed by atoms with Crippen LogP contribution in [0.25, 0.3) is 10.9 Å². The van der Waals surface area contributed by atoms with Crippen molar-refractivity contribution < 1.29 is 9.53 Å². The van der Waals surface area contributed by atoms with Gasteiger partial charge in [0.25, 0.3) is 5.91 Å². The minimum Gasteiger partial charge on any atom is -0.374 e. The number of carbonyl (C=O) groups excluding carboxylic acids is 1. The Labute approximate surface area is 157 Å². The quantitative estimate of drug-likeness (QED) is 0.716. The summed E-state index contributed by atoms with van der Waals surface area (Å²) in [6.07, 6.45) is 6.05. The first-order valence-corrected chi connectivity index (χ1v) is 9.52. The third kappa shape index (κ3) is 3.45. The van der Waals surface area contributed by atoms with Crippen LogP contribution in [-0.4, -0.2) is 44.8 Å². The maximum absolute atomic E-state index is 13.2. The number of nitrogens with zero attached hydrogens (tertiary/aromatic N) is 4. The van der Waals surface area contributed by atoms with Crippen molar-refractivity contribution >= 4 is 16.8 Å². The fourth-order valence-electron chi connectivity index (χ4n) is 3.62. The molecule has 0 saturated heterocycles. The third-order valence-electron chi connectivity index (χ3n) is 5.36. The zero-order valence-corrected chi connectivity index (χ0v) is 15.1. The standard InChI is InChI=1S/C21H22N4O2/c26-21(17-5-6-20-16(10-17)2-1-8-22-20)24-11-18-7-9-23-25(18)13-19(12-24)27-14-15-3-4-15/h1-2,5-10,15,19H,3-4,11-14H2/t19-/m0/s1. The molecule has 3 heterocycles. The predicted molar refractivity (Wildman–Crippen MR) is 101 cm³/mol. The van der Waals surface area contributed by atoms with E-state index in [1.807, 2.05) is 46.0 Å². The number of fused-ring (bicyclic) bond motifs is 2. The van der Waals surface area contributed by atoms with Crippen LogP contribution in [0.3, 0.4) is 0 Å². The molecule has 1 saturated carbocycles. The lowest BCUT2D eigenvalue weighted by Crippen LogP contribution is -2.37. The summed E-state index contributed by atoms with van der Waals surface area (Å²) in [6, 6.07) is 11.5. The Morgan fingerprint density at radius 3 is 2.96 bits per heavy atom. The Morgan fingerprint density at radius 2 is 2.07 bits per heavy atom. The Balaban J connectivity index is 1.41. The zero-order chi connectivity index (χ0) is 18.2. The van der Waals surface area contributed by atoms with Crippen molar-refractivity contribution in [3.8, 4) is 0 Å². The van der Waals surface area contributed by atoms with Crippen molar-refractivity contribution in [1.82, 2.24) is 19.7 Å². The van der Waals surface area contributed by atoms with Gasteiger partial charge in [0.1, 0.15) is 0 Å². The second kappa shape index (κ2) is 6.78. The molecule has 0 bridgehead atoms. The maximum atomic E-state index is 13.2. The fourth-order valence-corrected chi connectivity index (χ4v) is 3.62. The molecule has 1 fully saturated rings. The summed E-state index contributed by atoms with van der Waals surface area (Å²) in [5.74, 6) is 0.720. The van der Waals surface area contributed by atoms with Gasteiger partial charge in [0.2, 0.25) is 0 Å². The van der Waals surface area contributed by atoms with E-state index in [1.54, 1.807) is 12.4 Å². The molecule has 3 aromatic rings. The van der Waals surface area contributed by atoms with E-state index in [-0.39, 0.29) is 12.0 Å². The highest BCUT2D eigenvalue weighted by molar-refractivity contribution is 5.97. The SMILES string of the molecule is O=C(c1ccc2ncccc2c1)N1Cc2ccnn2C[C@@H](OCC2CC2)C1. The molecule has 1 aliphatic heterocycles. The lowest BCUT2D eigenvalue weighted by atomic mass is 10.1. The fraction of sp³-hybridized carbons (Fsp3) is 0.381. The van der Waals surface area contributed by atoms with Crippen molar-refractivity contribution in [3.05, 3.63) is 60.0 Å². The first-order chi connectivity index (χ1) is 13.3. The number of benzene rings is 1. The number of carbonyl (C=O) groups is 1. The number of rotatable bonds is 4. The van der Waals surface area contributed by atoms with Gasteiger partial charge in [-0.15, -0.1) is 0 Å². The molecule has 0 unspecified atom stereocenters. The number of amides is 1. The molecular formula is C21H22N4O2. The van der Waals surface area contributed by atoms with Crippen LogP contribution in [0, 0.1) is 5.92 Å². The van der Waals surface area contributed by atoms with E-state index in [0.717, 1.165) is 23.2 Å². The Hall–Kier alpha value is -2.73. The molecule has 0 radical (unpaired) electrons. The van der Waals surface area contributed by atoms with E-state index < -0.39 is 0 Å². The summed E-state index contributed by atoms with van der Waals surface area (Å²) in [5.41, 5.74) is 2.63. The van der Waals surface area contributed by atoms with Gasteiger partial charge < -0.3 is 9.64 Å². The molecule has 1 aliphatic carbocycles. The Kier molecular flexibility index (Phi) is 4.13. The van der Waals surface area contributed by atoms with Crippen LogP contribution in [0.1, 0.15) is 28.9 Å². The van der Waals surface area contributed by atoms with E-state index in [9.17, 15) is 4.79 Å². The summed E-state index contributed by atoms with van der Waals surface area (Å²) < 4.78 is 8.10. The molecule has 27 heavy (non-hydrogen) atoms. The summed E-state index contributed by atoms with van der Waals surface area (Å²) >= 11 is 0. The lowest BCUT2D eigenvalue weighted by molar-refractivity contribution is 0.0136. The summed E-state index contributed by atoms with van der Waals surface area (Å²) in [4.78, 5) is 19.5. The Morgan fingerprint density at radius 1 is 1.15 bits per heavy atom. The summed E-state index contributed by atoms with van der Waals surface area (Å²) in [5, 5.41) is 5.38. The number of hydrogen-bond acceptors (Lipinski definition) is 4. The van der Waals surface area contributed by atoms with Crippen molar-refractivity contribution in [2.75, 3.05) is 13.2 Å². The normalized spacial score (nSPS) is 19.7. The first kappa shape index (κ1) is 16.4. The van der Waals surface area contributed by atoms with Crippen LogP contribution in [0.15, 0.2) is 48.8 Å². The van der Waals surface area contributed by atoms with Crippen LogP contribution < -0.4 is 0 Å². The maximum Gasteiger partial charge on any atom is 0.254 e. The molecule has 2 aliphatic rings. The van der Waals surface area contributed by atoms with Crippen molar-refractivity contribution in [2.45, 2.75) is 32.0 Å². The van der Waals surface area contributed by atoms with Gasteiger partial charge in [-0.25, -0.2) is 0 Å². The van der Waals surface area contributed by atoms with E-state index in [0.29, 0.717) is 31.1 Å². The van der Waals surface area contributed by atoms with E-state index >= 15 is 0 Å². The highest BCUT2D eigenvalue weighted by Gasteiger charge is 2.29. The summed E-state index contributed by atoms with van der Waals surface area (Å²) in [6.45, 7) is 2.61. The van der Waals surface area contributed by atoms with Gasteiger partial charge in [0.05, 0.1) is 30.4 Å². The van der Waals surface area contributed by atoms with Gasteiger partial charge >= 0.3 is 0 Å². The average Bonchev–Trinajstić information content (AvgIpc) is 3.47. The molecular weight excluding hydrogens is 340 g/mol. The number of pyridine rings is 1. The lowest BCUT2D eigenvalue weighted by Gasteiger charge is -2.24. The second-order valence-corrected chi connectivity index (χ2v) is 7.50. The molecule has 1 aromatic carbocycles. The average molecular weight is 362 g/mol. The molecule has 0 N–H and O–H groups in total. The largest absolute Gasteiger partial charge is 0.374 e. The van der Waals surface area contributed by atoms with Crippen molar-refractivity contribution in [3.63, 3.8) is 0 Å². The molecule has 2 aromatic heterocycles. The smallest absolute Gasteiger partial charge is 0.254 e. The minimum absolute atomic E-state index is 0.0235. The molecule has 1 amide bonds. The molecule has 1 atom stereocenters. The molecule has 138 valence electrons. The van der Waals surface area contributed by atoms with E-state index in [2.05, 4.69) is 10.1 Å². The molecule has 5 rings (SSSR count). The third-order valence-corrected chi connectivity index (χ3v) is 5.36.